The molecule has 0 aliphatic carbocycles. The Labute approximate surface area is 175 Å². The third kappa shape index (κ3) is 3.61. The van der Waals surface area contributed by atoms with Gasteiger partial charge < -0.3 is 9.47 Å². The highest BCUT2D eigenvalue weighted by Gasteiger charge is 2.32. The molecule has 1 saturated heterocycles. The number of carbonyl (C=O) groups excluding carboxylic acids is 1. The summed E-state index contributed by atoms with van der Waals surface area (Å²) in [7, 11) is 0. The lowest BCUT2D eigenvalue weighted by Gasteiger charge is -2.21. The van der Waals surface area contributed by atoms with Gasteiger partial charge in [0.1, 0.15) is 0 Å². The standard InChI is InChI=1S/C24H25N5O/c1-17-11-19(16-29(17)24(30)12-18-5-3-2-4-6-18)15-28-10-9-22-23(28)8-7-21(27-22)20-13-25-26-14-20/h2-10,13-14,17,19H,11-12,15-16H2,1H3,(H,25,26)/t17-,19?/m0/s1. The zero-order valence-corrected chi connectivity index (χ0v) is 17.0. The Bertz CT molecular complexity index is 1150. The number of likely N-dealkylation sites (tertiary alicyclic amines) is 1. The molecule has 3 aromatic heterocycles. The first-order chi connectivity index (χ1) is 14.7. The molecule has 6 heteroatoms. The summed E-state index contributed by atoms with van der Waals surface area (Å²) in [4.78, 5) is 19.7. The van der Waals surface area contributed by atoms with E-state index >= 15 is 0 Å². The number of pyridine rings is 1. The Hall–Kier alpha value is -3.41. The van der Waals surface area contributed by atoms with Crippen molar-refractivity contribution in [3.63, 3.8) is 0 Å². The number of benzene rings is 1. The van der Waals surface area contributed by atoms with Crippen LogP contribution in [0.2, 0.25) is 0 Å². The van der Waals surface area contributed by atoms with E-state index in [0.717, 1.165) is 47.4 Å². The van der Waals surface area contributed by atoms with Gasteiger partial charge in [-0.25, -0.2) is 4.98 Å². The first kappa shape index (κ1) is 18.6. The van der Waals surface area contributed by atoms with Crippen LogP contribution in [0.4, 0.5) is 0 Å². The number of H-pyrrole nitrogens is 1. The molecule has 0 spiro atoms. The Kier molecular flexibility index (Phi) is 4.83. The molecule has 4 aromatic rings. The smallest absolute Gasteiger partial charge is 0.227 e. The summed E-state index contributed by atoms with van der Waals surface area (Å²) >= 11 is 0. The van der Waals surface area contributed by atoms with Gasteiger partial charge in [0, 0.05) is 37.1 Å². The van der Waals surface area contributed by atoms with Crippen molar-refractivity contribution in [3.8, 4) is 11.3 Å². The zero-order valence-electron chi connectivity index (χ0n) is 17.0. The van der Waals surface area contributed by atoms with Crippen LogP contribution in [-0.4, -0.2) is 43.1 Å². The lowest BCUT2D eigenvalue weighted by Crippen LogP contribution is -2.35. The van der Waals surface area contributed by atoms with E-state index in [9.17, 15) is 4.79 Å². The van der Waals surface area contributed by atoms with Crippen LogP contribution >= 0.6 is 0 Å². The molecule has 0 bridgehead atoms. The number of rotatable bonds is 5. The number of fused-ring (bicyclic) bond motifs is 1. The van der Waals surface area contributed by atoms with E-state index < -0.39 is 0 Å². The van der Waals surface area contributed by atoms with Crippen LogP contribution in [0.3, 0.4) is 0 Å². The average molecular weight is 399 g/mol. The van der Waals surface area contributed by atoms with Gasteiger partial charge in [-0.05, 0) is 43.0 Å². The third-order valence-corrected chi connectivity index (χ3v) is 6.05. The molecule has 1 unspecified atom stereocenters. The molecule has 0 radical (unpaired) electrons. The second kappa shape index (κ2) is 7.78. The van der Waals surface area contributed by atoms with Crippen LogP contribution in [0.15, 0.2) is 67.1 Å². The minimum absolute atomic E-state index is 0.222. The first-order valence-corrected chi connectivity index (χ1v) is 10.5. The lowest BCUT2D eigenvalue weighted by atomic mass is 10.1. The molecule has 1 aliphatic heterocycles. The number of aromatic nitrogens is 4. The van der Waals surface area contributed by atoms with E-state index in [1.807, 2.05) is 42.6 Å². The summed E-state index contributed by atoms with van der Waals surface area (Å²) in [5.74, 6) is 0.670. The summed E-state index contributed by atoms with van der Waals surface area (Å²) < 4.78 is 2.27. The van der Waals surface area contributed by atoms with Gasteiger partial charge in [0.15, 0.2) is 0 Å². The fourth-order valence-electron chi connectivity index (χ4n) is 4.56. The van der Waals surface area contributed by atoms with Gasteiger partial charge in [-0.2, -0.15) is 5.10 Å². The fourth-order valence-corrected chi connectivity index (χ4v) is 4.56. The van der Waals surface area contributed by atoms with Crippen molar-refractivity contribution in [2.75, 3.05) is 6.54 Å². The largest absolute Gasteiger partial charge is 0.346 e. The van der Waals surface area contributed by atoms with Gasteiger partial charge >= 0.3 is 0 Å². The van der Waals surface area contributed by atoms with Crippen LogP contribution in [0, 0.1) is 5.92 Å². The molecule has 1 N–H and O–H groups in total. The maximum atomic E-state index is 12.8. The van der Waals surface area contributed by atoms with Gasteiger partial charge in [0.25, 0.3) is 0 Å². The molecular formula is C24H25N5O. The van der Waals surface area contributed by atoms with Crippen molar-refractivity contribution >= 4 is 16.9 Å². The molecule has 30 heavy (non-hydrogen) atoms. The predicted octanol–water partition coefficient (Wildman–Crippen LogP) is 3.91. The summed E-state index contributed by atoms with van der Waals surface area (Å²) in [5, 5.41) is 6.84. The van der Waals surface area contributed by atoms with Gasteiger partial charge in [0.05, 0.1) is 29.3 Å². The molecule has 5 rings (SSSR count). The summed E-state index contributed by atoms with van der Waals surface area (Å²) in [6.07, 6.45) is 7.25. The predicted molar refractivity (Wildman–Crippen MR) is 117 cm³/mol. The van der Waals surface area contributed by atoms with Crippen molar-refractivity contribution in [2.24, 2.45) is 5.92 Å². The van der Waals surface area contributed by atoms with E-state index in [4.69, 9.17) is 4.98 Å². The Morgan fingerprint density at radius 2 is 2.03 bits per heavy atom. The highest BCUT2D eigenvalue weighted by atomic mass is 16.2. The average Bonchev–Trinajstić information content (AvgIpc) is 3.49. The van der Waals surface area contributed by atoms with Crippen LogP contribution in [0.25, 0.3) is 22.3 Å². The molecule has 152 valence electrons. The molecule has 1 fully saturated rings. The molecule has 4 heterocycles. The summed E-state index contributed by atoms with van der Waals surface area (Å²) in [6.45, 7) is 3.87. The minimum Gasteiger partial charge on any atom is -0.346 e. The van der Waals surface area contributed by atoms with E-state index in [2.05, 4.69) is 44.9 Å². The maximum Gasteiger partial charge on any atom is 0.227 e. The highest BCUT2D eigenvalue weighted by molar-refractivity contribution is 5.80. The molecular weight excluding hydrogens is 374 g/mol. The monoisotopic (exact) mass is 399 g/mol. The van der Waals surface area contributed by atoms with Crippen molar-refractivity contribution in [2.45, 2.75) is 32.4 Å². The number of hydrogen-bond donors (Lipinski definition) is 1. The van der Waals surface area contributed by atoms with Crippen molar-refractivity contribution < 1.29 is 4.79 Å². The molecule has 1 aliphatic rings. The van der Waals surface area contributed by atoms with E-state index in [1.165, 1.54) is 0 Å². The van der Waals surface area contributed by atoms with Crippen molar-refractivity contribution in [1.29, 1.82) is 0 Å². The lowest BCUT2D eigenvalue weighted by molar-refractivity contribution is -0.131. The van der Waals surface area contributed by atoms with Crippen LogP contribution in [0.5, 0.6) is 0 Å². The zero-order chi connectivity index (χ0) is 20.5. The highest BCUT2D eigenvalue weighted by Crippen LogP contribution is 2.27. The Morgan fingerprint density at radius 3 is 2.83 bits per heavy atom. The minimum atomic E-state index is 0.222. The fraction of sp³-hybridized carbons (Fsp3) is 0.292. The van der Waals surface area contributed by atoms with E-state index in [0.29, 0.717) is 12.3 Å². The number of nitrogens with one attached hydrogen (secondary N) is 1. The van der Waals surface area contributed by atoms with E-state index in [1.54, 1.807) is 6.20 Å². The molecule has 1 aromatic carbocycles. The van der Waals surface area contributed by atoms with Crippen LogP contribution < -0.4 is 0 Å². The van der Waals surface area contributed by atoms with Crippen LogP contribution in [0.1, 0.15) is 18.9 Å². The Balaban J connectivity index is 1.28. The number of aromatic amines is 1. The van der Waals surface area contributed by atoms with Gasteiger partial charge in [0.2, 0.25) is 5.91 Å². The van der Waals surface area contributed by atoms with Crippen LogP contribution in [-0.2, 0) is 17.8 Å². The van der Waals surface area contributed by atoms with Gasteiger partial charge in [-0.15, -0.1) is 0 Å². The SMILES string of the molecule is C[C@H]1CC(Cn2ccc3nc(-c4cn[nH]c4)ccc32)CN1C(=O)Cc1ccccc1. The van der Waals surface area contributed by atoms with Crippen molar-refractivity contribution in [3.05, 3.63) is 72.7 Å². The number of hydrogen-bond acceptors (Lipinski definition) is 3. The third-order valence-electron chi connectivity index (χ3n) is 6.05. The second-order valence-electron chi connectivity index (χ2n) is 8.22. The van der Waals surface area contributed by atoms with Gasteiger partial charge in [-0.1, -0.05) is 30.3 Å². The molecule has 0 saturated carbocycles. The number of nitrogens with zero attached hydrogens (tertiary/aromatic N) is 4. The number of amides is 1. The maximum absolute atomic E-state index is 12.8. The molecule has 1 amide bonds. The van der Waals surface area contributed by atoms with E-state index in [-0.39, 0.29) is 11.9 Å². The molecule has 2 atom stereocenters. The quantitative estimate of drug-likeness (QED) is 0.553. The van der Waals surface area contributed by atoms with Gasteiger partial charge in [-0.3, -0.25) is 9.89 Å². The Morgan fingerprint density at radius 1 is 1.17 bits per heavy atom. The molecule has 6 nitrogen and oxygen atoms in total. The first-order valence-electron chi connectivity index (χ1n) is 10.5. The normalized spacial score (nSPS) is 18.9. The topological polar surface area (TPSA) is 66.8 Å². The summed E-state index contributed by atoms with van der Waals surface area (Å²) in [6, 6.07) is 16.5. The second-order valence-corrected chi connectivity index (χ2v) is 8.22. The van der Waals surface area contributed by atoms with Crippen molar-refractivity contribution in [1.82, 2.24) is 24.6 Å². The summed E-state index contributed by atoms with van der Waals surface area (Å²) in [5.41, 5.74) is 5.10. The number of carbonyl (C=O) groups is 1.